The number of hydrogen-bond acceptors (Lipinski definition) is 7. The predicted octanol–water partition coefficient (Wildman–Crippen LogP) is 1.88. The van der Waals surface area contributed by atoms with Crippen molar-refractivity contribution < 1.29 is 22.9 Å². The molecule has 0 N–H and O–H groups in total. The van der Waals surface area contributed by atoms with Gasteiger partial charge in [-0.25, -0.2) is 8.42 Å². The third kappa shape index (κ3) is 5.85. The molecule has 176 valence electrons. The van der Waals surface area contributed by atoms with E-state index in [2.05, 4.69) is 10.9 Å². The van der Waals surface area contributed by atoms with Gasteiger partial charge in [0.05, 0.1) is 21.7 Å². The average molecular weight is 493 g/mol. The molecule has 10 nitrogen and oxygen atoms in total. The van der Waals surface area contributed by atoms with Crippen LogP contribution in [0.2, 0.25) is 0 Å². The summed E-state index contributed by atoms with van der Waals surface area (Å²) in [6, 6.07) is 4.18. The van der Waals surface area contributed by atoms with Crippen molar-refractivity contribution in [3.8, 4) is 12.3 Å². The number of carbonyl (C=O) groups excluding carboxylic acids is 2. The number of amides is 2. The lowest BCUT2D eigenvalue weighted by atomic mass is 10.0. The fraction of sp³-hybridized carbons (Fsp3) is 0.476. The van der Waals surface area contributed by atoms with Gasteiger partial charge in [0.25, 0.3) is 11.6 Å². The zero-order chi connectivity index (χ0) is 24.2. The minimum absolute atomic E-state index is 0.0205. The second-order valence-electron chi connectivity index (χ2n) is 7.77. The minimum Gasteiger partial charge on any atom is -0.339 e. The van der Waals surface area contributed by atoms with Gasteiger partial charge in [0.2, 0.25) is 5.91 Å². The molecule has 1 aliphatic rings. The van der Waals surface area contributed by atoms with E-state index in [4.69, 9.17) is 6.42 Å². The Morgan fingerprint density at radius 1 is 1.33 bits per heavy atom. The summed E-state index contributed by atoms with van der Waals surface area (Å²) in [5.74, 6) is -0.646. The first kappa shape index (κ1) is 24.6. The van der Waals surface area contributed by atoms with Crippen LogP contribution in [0.15, 0.2) is 23.2 Å². The lowest BCUT2D eigenvalue weighted by Crippen LogP contribution is -2.46. The summed E-state index contributed by atoms with van der Waals surface area (Å²) in [6.45, 7) is 2.52. The van der Waals surface area contributed by atoms with Gasteiger partial charge in [0.15, 0.2) is 14.6 Å². The van der Waals surface area contributed by atoms with E-state index < -0.39 is 38.1 Å². The molecule has 0 saturated carbocycles. The maximum Gasteiger partial charge on any atom is 0.270 e. The Balaban J connectivity index is 1.82. The van der Waals surface area contributed by atoms with Crippen LogP contribution in [0.4, 0.5) is 5.69 Å². The maximum atomic E-state index is 12.6. The van der Waals surface area contributed by atoms with Crippen molar-refractivity contribution in [3.05, 3.63) is 33.1 Å². The first-order valence-electron chi connectivity index (χ1n) is 10.4. The second kappa shape index (κ2) is 10.3. The molecule has 0 radical (unpaired) electrons. The van der Waals surface area contributed by atoms with E-state index in [9.17, 15) is 28.1 Å². The summed E-state index contributed by atoms with van der Waals surface area (Å²) < 4.78 is 27.1. The number of likely N-dealkylation sites (tertiary alicyclic amines) is 1. The molecule has 1 atom stereocenters. The molecular weight excluding hydrogens is 468 g/mol. The highest BCUT2D eigenvalue weighted by molar-refractivity contribution is 7.92. The smallest absolute Gasteiger partial charge is 0.270 e. The number of sulfone groups is 1. The molecule has 1 fully saturated rings. The van der Waals surface area contributed by atoms with E-state index in [-0.39, 0.29) is 23.1 Å². The molecule has 2 aromatic rings. The van der Waals surface area contributed by atoms with E-state index in [1.54, 1.807) is 4.90 Å². The second-order valence-corrected chi connectivity index (χ2v) is 10.8. The summed E-state index contributed by atoms with van der Waals surface area (Å²) in [5.41, 5.74) is 0.419. The molecule has 0 bridgehead atoms. The summed E-state index contributed by atoms with van der Waals surface area (Å²) in [6.07, 6.45) is 8.82. The molecule has 3 rings (SSSR count). The van der Waals surface area contributed by atoms with Crippen molar-refractivity contribution in [2.45, 2.75) is 45.2 Å². The molecule has 2 amide bonds. The van der Waals surface area contributed by atoms with Gasteiger partial charge in [-0.2, -0.15) is 4.99 Å². The number of carbonyl (C=O) groups is 2. The Hall–Kier alpha value is -3.04. The summed E-state index contributed by atoms with van der Waals surface area (Å²) in [7, 11) is -4.02. The third-order valence-electron chi connectivity index (χ3n) is 5.45. The Labute approximate surface area is 195 Å². The molecule has 1 aromatic carbocycles. The first-order valence-corrected chi connectivity index (χ1v) is 13.1. The Morgan fingerprint density at radius 3 is 2.76 bits per heavy atom. The van der Waals surface area contributed by atoms with Crippen LogP contribution < -0.4 is 4.80 Å². The molecule has 33 heavy (non-hydrogen) atoms. The number of nitro benzene ring substituents is 1. The number of benzene rings is 1. The van der Waals surface area contributed by atoms with Crippen LogP contribution in [0.3, 0.4) is 0 Å². The number of piperidine rings is 1. The van der Waals surface area contributed by atoms with Crippen molar-refractivity contribution in [2.24, 2.45) is 4.99 Å². The number of hydrogen-bond donors (Lipinski definition) is 0. The topological polar surface area (TPSA) is 132 Å². The Bertz CT molecular complexity index is 1300. The lowest BCUT2D eigenvalue weighted by Gasteiger charge is -2.35. The van der Waals surface area contributed by atoms with E-state index in [1.807, 2.05) is 6.92 Å². The van der Waals surface area contributed by atoms with Crippen LogP contribution in [-0.4, -0.2) is 58.7 Å². The van der Waals surface area contributed by atoms with Gasteiger partial charge in [0, 0.05) is 24.7 Å². The average Bonchev–Trinajstić information content (AvgIpc) is 3.09. The van der Waals surface area contributed by atoms with Gasteiger partial charge in [-0.3, -0.25) is 19.7 Å². The van der Waals surface area contributed by atoms with Gasteiger partial charge >= 0.3 is 0 Å². The quantitative estimate of drug-likeness (QED) is 0.329. The highest BCUT2D eigenvalue weighted by Gasteiger charge is 2.29. The number of nitrogens with zero attached hydrogens (tertiary/aromatic N) is 4. The lowest BCUT2D eigenvalue weighted by molar-refractivity contribution is -0.384. The number of rotatable bonds is 7. The van der Waals surface area contributed by atoms with Crippen LogP contribution in [0.25, 0.3) is 10.2 Å². The van der Waals surface area contributed by atoms with Gasteiger partial charge in [-0.1, -0.05) is 24.2 Å². The number of terminal acetylenes is 1. The molecule has 0 aliphatic carbocycles. The SMILES string of the molecule is C#CCn1c(=NC(=O)CS(=O)(=O)CC(=O)N2CCCCC2CC)sc2cc([N+](=O)[O-])ccc21. The van der Waals surface area contributed by atoms with Crippen molar-refractivity contribution in [3.63, 3.8) is 0 Å². The van der Waals surface area contributed by atoms with Crippen LogP contribution in [0.1, 0.15) is 32.6 Å². The number of nitro groups is 1. The summed E-state index contributed by atoms with van der Waals surface area (Å²) >= 11 is 0.995. The van der Waals surface area contributed by atoms with Gasteiger partial charge in [-0.05, 0) is 31.7 Å². The van der Waals surface area contributed by atoms with Crippen molar-refractivity contribution in [2.75, 3.05) is 18.1 Å². The van der Waals surface area contributed by atoms with Crippen molar-refractivity contribution >= 4 is 48.9 Å². The van der Waals surface area contributed by atoms with Crippen LogP contribution in [0, 0.1) is 22.5 Å². The predicted molar refractivity (Wildman–Crippen MR) is 124 cm³/mol. The molecule has 1 saturated heterocycles. The molecule has 1 aliphatic heterocycles. The highest BCUT2D eigenvalue weighted by Crippen LogP contribution is 2.23. The number of thiazole rings is 1. The molecule has 2 heterocycles. The van der Waals surface area contributed by atoms with E-state index in [0.29, 0.717) is 16.8 Å². The number of non-ortho nitro benzene ring substituents is 1. The van der Waals surface area contributed by atoms with E-state index in [1.165, 1.54) is 22.8 Å². The standard InChI is InChI=1S/C21H24N4O6S2/c1-3-10-24-17-9-8-16(25(28)29)12-18(17)32-21(24)22-19(26)13-33(30,31)14-20(27)23-11-6-5-7-15(23)4-2/h1,8-9,12,15H,4-7,10-11,13-14H2,2H3. The monoisotopic (exact) mass is 492 g/mol. The van der Waals surface area contributed by atoms with Crippen molar-refractivity contribution in [1.82, 2.24) is 9.47 Å². The largest absolute Gasteiger partial charge is 0.339 e. The normalized spacial score (nSPS) is 17.2. The molecule has 1 unspecified atom stereocenters. The molecule has 0 spiro atoms. The molecule has 1 aromatic heterocycles. The summed E-state index contributed by atoms with van der Waals surface area (Å²) in [5, 5.41) is 11.0. The maximum absolute atomic E-state index is 12.6. The van der Waals surface area contributed by atoms with Gasteiger partial charge in [0.1, 0.15) is 11.5 Å². The number of fused-ring (bicyclic) bond motifs is 1. The number of aromatic nitrogens is 1. The van der Waals surface area contributed by atoms with Crippen LogP contribution >= 0.6 is 11.3 Å². The Kier molecular flexibility index (Phi) is 7.65. The fourth-order valence-electron chi connectivity index (χ4n) is 3.91. The van der Waals surface area contributed by atoms with Crippen LogP contribution in [-0.2, 0) is 26.0 Å². The first-order chi connectivity index (χ1) is 15.6. The van der Waals surface area contributed by atoms with Crippen molar-refractivity contribution in [1.29, 1.82) is 0 Å². The minimum atomic E-state index is -4.02. The highest BCUT2D eigenvalue weighted by atomic mass is 32.2. The molecule has 12 heteroatoms. The van der Waals surface area contributed by atoms with E-state index >= 15 is 0 Å². The molecular formula is C21H24N4O6S2. The zero-order valence-electron chi connectivity index (χ0n) is 18.1. The summed E-state index contributed by atoms with van der Waals surface area (Å²) in [4.78, 5) is 41.2. The van der Waals surface area contributed by atoms with Gasteiger partial charge < -0.3 is 9.47 Å². The zero-order valence-corrected chi connectivity index (χ0v) is 19.7. The van der Waals surface area contributed by atoms with E-state index in [0.717, 1.165) is 37.0 Å². The Morgan fingerprint density at radius 2 is 2.09 bits per heavy atom. The van der Waals surface area contributed by atoms with Gasteiger partial charge in [-0.15, -0.1) is 6.42 Å². The fourth-order valence-corrected chi connectivity index (χ4v) is 6.07. The van der Waals surface area contributed by atoms with Crippen LogP contribution in [0.5, 0.6) is 0 Å². The third-order valence-corrected chi connectivity index (χ3v) is 7.87.